The molecule has 1 N–H and O–H groups in total. The minimum Gasteiger partial charge on any atom is -0.370 e. The smallest absolute Gasteiger partial charge is 0.252 e. The Kier molecular flexibility index (Phi) is 3.16. The van der Waals surface area contributed by atoms with Gasteiger partial charge in [0, 0.05) is 0 Å². The Morgan fingerprint density at radius 3 is 2.67 bits per heavy atom. The van der Waals surface area contributed by atoms with Crippen LogP contribution in [0.25, 0.3) is 0 Å². The number of rotatable bonds is 2. The van der Waals surface area contributed by atoms with Gasteiger partial charge in [0.2, 0.25) is 0 Å². The van der Waals surface area contributed by atoms with E-state index in [1.165, 1.54) is 12.1 Å². The van der Waals surface area contributed by atoms with E-state index in [1.54, 1.807) is 11.0 Å². The van der Waals surface area contributed by atoms with E-state index < -0.39 is 5.54 Å². The second kappa shape index (κ2) is 4.88. The summed E-state index contributed by atoms with van der Waals surface area (Å²) in [6.07, 6.45) is 0. The summed E-state index contributed by atoms with van der Waals surface area (Å²) in [4.78, 5) is 14.4. The van der Waals surface area contributed by atoms with Gasteiger partial charge in [-0.1, -0.05) is 24.3 Å². The first-order valence-electron chi connectivity index (χ1n) is 6.91. The molecule has 0 aromatic heterocycles. The van der Waals surface area contributed by atoms with Crippen LogP contribution >= 0.6 is 0 Å². The zero-order valence-electron chi connectivity index (χ0n) is 12.1. The van der Waals surface area contributed by atoms with Crippen LogP contribution in [0.4, 0.5) is 15.8 Å². The molecule has 1 aliphatic rings. The second-order valence-electron chi connectivity index (χ2n) is 5.79. The average Bonchev–Trinajstić information content (AvgIpc) is 2.43. The van der Waals surface area contributed by atoms with Crippen molar-refractivity contribution < 1.29 is 9.18 Å². The molecule has 1 aliphatic heterocycles. The molecule has 0 bridgehead atoms. The lowest BCUT2D eigenvalue weighted by Gasteiger charge is -2.40. The predicted molar refractivity (Wildman–Crippen MR) is 81.7 cm³/mol. The number of para-hydroxylation sites is 2. The molecule has 4 heteroatoms. The fourth-order valence-electron chi connectivity index (χ4n) is 2.63. The van der Waals surface area contributed by atoms with Crippen molar-refractivity contribution in [3.05, 3.63) is 59.9 Å². The van der Waals surface area contributed by atoms with Gasteiger partial charge in [-0.3, -0.25) is 4.79 Å². The van der Waals surface area contributed by atoms with Crippen LogP contribution in [0.1, 0.15) is 19.4 Å². The SMILES string of the molecule is CC1(C)Nc2ccccc2N(Cc2cccc(F)c2)C1=O. The highest BCUT2D eigenvalue weighted by molar-refractivity contribution is 6.07. The first-order valence-corrected chi connectivity index (χ1v) is 6.91. The summed E-state index contributed by atoms with van der Waals surface area (Å²) < 4.78 is 13.4. The van der Waals surface area contributed by atoms with Gasteiger partial charge in [0.15, 0.2) is 0 Å². The standard InChI is InChI=1S/C17H17FN2O/c1-17(2)16(21)20(11-12-6-5-7-13(18)10-12)15-9-4-3-8-14(15)19-17/h3-10,19H,11H2,1-2H3. The maximum absolute atomic E-state index is 13.4. The molecule has 108 valence electrons. The molecule has 2 aromatic carbocycles. The number of carbonyl (C=O) groups is 1. The van der Waals surface area contributed by atoms with Crippen molar-refractivity contribution >= 4 is 17.3 Å². The first-order chi connectivity index (χ1) is 9.97. The van der Waals surface area contributed by atoms with Crippen LogP contribution in [0.5, 0.6) is 0 Å². The van der Waals surface area contributed by atoms with Gasteiger partial charge in [0.25, 0.3) is 5.91 Å². The van der Waals surface area contributed by atoms with Gasteiger partial charge < -0.3 is 10.2 Å². The van der Waals surface area contributed by atoms with E-state index in [0.717, 1.165) is 16.9 Å². The molecule has 0 fully saturated rings. The number of amides is 1. The van der Waals surface area contributed by atoms with E-state index in [0.29, 0.717) is 6.54 Å². The largest absolute Gasteiger partial charge is 0.370 e. The van der Waals surface area contributed by atoms with Gasteiger partial charge >= 0.3 is 0 Å². The summed E-state index contributed by atoms with van der Waals surface area (Å²) >= 11 is 0. The van der Waals surface area contributed by atoms with Crippen LogP contribution in [-0.2, 0) is 11.3 Å². The van der Waals surface area contributed by atoms with Gasteiger partial charge in [-0.15, -0.1) is 0 Å². The van der Waals surface area contributed by atoms with Crippen LogP contribution in [0, 0.1) is 5.82 Å². The maximum Gasteiger partial charge on any atom is 0.252 e. The van der Waals surface area contributed by atoms with Gasteiger partial charge in [-0.05, 0) is 43.7 Å². The second-order valence-corrected chi connectivity index (χ2v) is 5.79. The highest BCUT2D eigenvalue weighted by Gasteiger charge is 2.38. The van der Waals surface area contributed by atoms with Crippen LogP contribution in [0.15, 0.2) is 48.5 Å². The van der Waals surface area contributed by atoms with Crippen molar-refractivity contribution in [2.24, 2.45) is 0 Å². The van der Waals surface area contributed by atoms with Gasteiger partial charge in [-0.2, -0.15) is 0 Å². The van der Waals surface area contributed by atoms with Crippen molar-refractivity contribution in [3.8, 4) is 0 Å². The van der Waals surface area contributed by atoms with E-state index in [-0.39, 0.29) is 11.7 Å². The molecule has 3 rings (SSSR count). The topological polar surface area (TPSA) is 32.3 Å². The van der Waals surface area contributed by atoms with Crippen molar-refractivity contribution in [2.75, 3.05) is 10.2 Å². The molecule has 0 unspecified atom stereocenters. The van der Waals surface area contributed by atoms with Crippen LogP contribution in [0.3, 0.4) is 0 Å². The lowest BCUT2D eigenvalue weighted by Crippen LogP contribution is -2.53. The Morgan fingerprint density at radius 2 is 1.90 bits per heavy atom. The number of nitrogens with one attached hydrogen (secondary N) is 1. The highest BCUT2D eigenvalue weighted by atomic mass is 19.1. The molecule has 0 spiro atoms. The normalized spacial score (nSPS) is 16.3. The maximum atomic E-state index is 13.4. The lowest BCUT2D eigenvalue weighted by molar-refractivity contribution is -0.122. The fourth-order valence-corrected chi connectivity index (χ4v) is 2.63. The summed E-state index contributed by atoms with van der Waals surface area (Å²) in [5.41, 5.74) is 1.84. The summed E-state index contributed by atoms with van der Waals surface area (Å²) in [5.74, 6) is -0.312. The Bertz CT molecular complexity index is 697. The summed E-state index contributed by atoms with van der Waals surface area (Å²) in [6.45, 7) is 4.06. The first kappa shape index (κ1) is 13.6. The van der Waals surface area contributed by atoms with E-state index in [2.05, 4.69) is 5.32 Å². The third-order valence-electron chi connectivity index (χ3n) is 3.65. The van der Waals surface area contributed by atoms with Crippen LogP contribution < -0.4 is 10.2 Å². The summed E-state index contributed by atoms with van der Waals surface area (Å²) in [6, 6.07) is 14.0. The predicted octanol–water partition coefficient (Wildman–Crippen LogP) is 3.56. The third kappa shape index (κ3) is 2.49. The molecule has 2 aromatic rings. The highest BCUT2D eigenvalue weighted by Crippen LogP contribution is 2.35. The Labute approximate surface area is 123 Å². The molecule has 0 saturated carbocycles. The van der Waals surface area contributed by atoms with E-state index >= 15 is 0 Å². The average molecular weight is 284 g/mol. The van der Waals surface area contributed by atoms with E-state index in [9.17, 15) is 9.18 Å². The number of benzene rings is 2. The molecule has 0 atom stereocenters. The monoisotopic (exact) mass is 284 g/mol. The summed E-state index contributed by atoms with van der Waals surface area (Å²) in [7, 11) is 0. The Morgan fingerprint density at radius 1 is 1.14 bits per heavy atom. The zero-order chi connectivity index (χ0) is 15.0. The van der Waals surface area contributed by atoms with Gasteiger partial charge in [0.05, 0.1) is 17.9 Å². The van der Waals surface area contributed by atoms with E-state index in [4.69, 9.17) is 0 Å². The van der Waals surface area contributed by atoms with Gasteiger partial charge in [-0.25, -0.2) is 4.39 Å². The van der Waals surface area contributed by atoms with E-state index in [1.807, 2.05) is 44.2 Å². The zero-order valence-corrected chi connectivity index (χ0v) is 12.1. The Balaban J connectivity index is 2.01. The number of hydrogen-bond acceptors (Lipinski definition) is 2. The number of fused-ring (bicyclic) bond motifs is 1. The quantitative estimate of drug-likeness (QED) is 0.914. The molecule has 21 heavy (non-hydrogen) atoms. The van der Waals surface area contributed by atoms with Crippen LogP contribution in [0.2, 0.25) is 0 Å². The number of anilines is 2. The molecule has 1 heterocycles. The molecule has 0 aliphatic carbocycles. The summed E-state index contributed by atoms with van der Waals surface area (Å²) in [5, 5.41) is 3.25. The Hall–Kier alpha value is -2.36. The minimum atomic E-state index is -0.679. The lowest BCUT2D eigenvalue weighted by atomic mass is 9.97. The number of halogens is 1. The molecule has 0 saturated heterocycles. The molecular weight excluding hydrogens is 267 g/mol. The molecule has 1 amide bonds. The third-order valence-corrected chi connectivity index (χ3v) is 3.65. The molecular formula is C17H17FN2O. The van der Waals surface area contributed by atoms with Crippen LogP contribution in [-0.4, -0.2) is 11.4 Å². The van der Waals surface area contributed by atoms with Crippen molar-refractivity contribution in [3.63, 3.8) is 0 Å². The fraction of sp³-hybridized carbons (Fsp3) is 0.235. The van der Waals surface area contributed by atoms with Crippen molar-refractivity contribution in [1.82, 2.24) is 0 Å². The number of carbonyl (C=O) groups excluding carboxylic acids is 1. The number of hydrogen-bond donors (Lipinski definition) is 1. The van der Waals surface area contributed by atoms with Gasteiger partial charge in [0.1, 0.15) is 11.4 Å². The molecule has 0 radical (unpaired) electrons. The molecule has 3 nitrogen and oxygen atoms in total. The minimum absolute atomic E-state index is 0.0227. The van der Waals surface area contributed by atoms with Crippen molar-refractivity contribution in [1.29, 1.82) is 0 Å². The number of nitrogens with zero attached hydrogens (tertiary/aromatic N) is 1. The van der Waals surface area contributed by atoms with Crippen molar-refractivity contribution in [2.45, 2.75) is 25.9 Å².